The van der Waals surface area contributed by atoms with Crippen LogP contribution in [-0.4, -0.2) is 11.1 Å². The molecule has 0 spiro atoms. The molecule has 28 heavy (non-hydrogen) atoms. The Morgan fingerprint density at radius 3 is 2.64 bits per heavy atom. The number of aliphatic carboxylic acids is 1. The molecule has 0 atom stereocenters. The Labute approximate surface area is 167 Å². The quantitative estimate of drug-likeness (QED) is 0.819. The SMILES string of the molecule is NCc1cccc(Cl)c1F.O=C(O)C1=CC=c2cc3c(cc2C1)=CC=CC=C3. The van der Waals surface area contributed by atoms with Gasteiger partial charge in [-0.15, -0.1) is 0 Å². The van der Waals surface area contributed by atoms with Crippen molar-refractivity contribution in [1.29, 1.82) is 0 Å². The molecule has 4 rings (SSSR count). The van der Waals surface area contributed by atoms with E-state index < -0.39 is 11.8 Å². The first-order valence-electron chi connectivity index (χ1n) is 8.74. The first-order valence-corrected chi connectivity index (χ1v) is 9.12. The number of carboxylic acid groups (broad SMARTS) is 1. The van der Waals surface area contributed by atoms with Gasteiger partial charge in [-0.3, -0.25) is 0 Å². The highest BCUT2D eigenvalue weighted by atomic mass is 35.5. The van der Waals surface area contributed by atoms with Crippen LogP contribution in [0.1, 0.15) is 16.7 Å². The zero-order chi connectivity index (χ0) is 20.1. The number of carboxylic acids is 1. The second kappa shape index (κ2) is 8.83. The molecule has 0 saturated carbocycles. The molecule has 0 bridgehead atoms. The molecule has 142 valence electrons. The van der Waals surface area contributed by atoms with Crippen LogP contribution in [0.2, 0.25) is 5.02 Å². The lowest BCUT2D eigenvalue weighted by molar-refractivity contribution is -0.132. The third kappa shape index (κ3) is 4.47. The molecular formula is C23H19ClFNO2. The van der Waals surface area contributed by atoms with E-state index in [1.54, 1.807) is 18.2 Å². The fraction of sp³-hybridized carbons (Fsp3) is 0.0870. The van der Waals surface area contributed by atoms with Crippen LogP contribution in [0.25, 0.3) is 18.2 Å². The predicted octanol–water partition coefficient (Wildman–Crippen LogP) is 3.34. The van der Waals surface area contributed by atoms with Crippen molar-refractivity contribution in [2.75, 3.05) is 0 Å². The molecular weight excluding hydrogens is 377 g/mol. The van der Waals surface area contributed by atoms with Crippen LogP contribution in [0.3, 0.4) is 0 Å². The highest BCUT2D eigenvalue weighted by Crippen LogP contribution is 2.16. The van der Waals surface area contributed by atoms with Crippen molar-refractivity contribution in [2.24, 2.45) is 5.73 Å². The van der Waals surface area contributed by atoms with Gasteiger partial charge in [-0.2, -0.15) is 0 Å². The van der Waals surface area contributed by atoms with Gasteiger partial charge in [0.15, 0.2) is 0 Å². The van der Waals surface area contributed by atoms with E-state index in [1.807, 2.05) is 30.4 Å². The molecule has 5 heteroatoms. The van der Waals surface area contributed by atoms with Crippen LogP contribution in [-0.2, 0) is 17.8 Å². The molecule has 0 aromatic heterocycles. The van der Waals surface area contributed by atoms with E-state index in [1.165, 1.54) is 11.6 Å². The molecule has 0 heterocycles. The van der Waals surface area contributed by atoms with Crippen molar-refractivity contribution in [2.45, 2.75) is 13.0 Å². The summed E-state index contributed by atoms with van der Waals surface area (Å²) < 4.78 is 12.8. The minimum Gasteiger partial charge on any atom is -0.478 e. The third-order valence-corrected chi connectivity index (χ3v) is 4.78. The van der Waals surface area contributed by atoms with Gasteiger partial charge >= 0.3 is 5.97 Å². The normalized spacial score (nSPS) is 13.6. The van der Waals surface area contributed by atoms with Crippen molar-refractivity contribution in [3.63, 3.8) is 0 Å². The molecule has 3 N–H and O–H groups in total. The van der Waals surface area contributed by atoms with Crippen LogP contribution in [0.4, 0.5) is 4.39 Å². The van der Waals surface area contributed by atoms with E-state index in [4.69, 9.17) is 22.4 Å². The van der Waals surface area contributed by atoms with Crippen molar-refractivity contribution in [1.82, 2.24) is 0 Å². The van der Waals surface area contributed by atoms with Crippen LogP contribution in [0.5, 0.6) is 0 Å². The van der Waals surface area contributed by atoms with Crippen molar-refractivity contribution < 1.29 is 14.3 Å². The summed E-state index contributed by atoms with van der Waals surface area (Å²) in [5.74, 6) is -1.25. The van der Waals surface area contributed by atoms with E-state index in [0.29, 0.717) is 17.6 Å². The van der Waals surface area contributed by atoms with Crippen LogP contribution in [0, 0.1) is 5.82 Å². The van der Waals surface area contributed by atoms with Gasteiger partial charge in [0, 0.05) is 24.1 Å². The summed E-state index contributed by atoms with van der Waals surface area (Å²) in [6, 6.07) is 8.97. The van der Waals surface area contributed by atoms with Gasteiger partial charge in [0.2, 0.25) is 0 Å². The standard InChI is InChI=1S/C16H12O2.C7H7ClFN/c17-16(18)14-7-6-13-8-11-4-2-1-3-5-12(11)9-15(13)10-14;8-6-3-1-2-5(4-10)7(6)9/h1-9H,10H2,(H,17,18);1-3H,4,10H2. The predicted molar refractivity (Wildman–Crippen MR) is 112 cm³/mol. The first kappa shape index (κ1) is 19.8. The van der Waals surface area contributed by atoms with E-state index in [9.17, 15) is 9.18 Å². The zero-order valence-electron chi connectivity index (χ0n) is 15.0. The minimum absolute atomic E-state index is 0.128. The molecule has 2 aliphatic rings. The number of nitrogens with two attached hydrogens (primary N) is 1. The summed E-state index contributed by atoms with van der Waals surface area (Å²) in [6.45, 7) is 0.187. The summed E-state index contributed by atoms with van der Waals surface area (Å²) in [5.41, 5.74) is 8.36. The maximum Gasteiger partial charge on any atom is 0.331 e. The van der Waals surface area contributed by atoms with Crippen LogP contribution in [0.15, 0.2) is 60.2 Å². The Balaban J connectivity index is 0.000000192. The molecule has 2 aliphatic carbocycles. The number of allylic oxidation sites excluding steroid dienone is 4. The highest BCUT2D eigenvalue weighted by molar-refractivity contribution is 6.30. The number of halogens is 2. The molecule has 0 unspecified atom stereocenters. The Morgan fingerprint density at radius 1 is 1.11 bits per heavy atom. The maximum atomic E-state index is 12.8. The molecule has 0 radical (unpaired) electrons. The average molecular weight is 396 g/mol. The van der Waals surface area contributed by atoms with Crippen molar-refractivity contribution in [3.8, 4) is 0 Å². The van der Waals surface area contributed by atoms with Crippen molar-refractivity contribution in [3.05, 3.63) is 98.2 Å². The lowest BCUT2D eigenvalue weighted by Crippen LogP contribution is -2.22. The minimum atomic E-state index is -0.837. The summed E-state index contributed by atoms with van der Waals surface area (Å²) >= 11 is 5.46. The van der Waals surface area contributed by atoms with Gasteiger partial charge in [-0.25, -0.2) is 9.18 Å². The first-order chi connectivity index (χ1) is 13.5. The summed E-state index contributed by atoms with van der Waals surface area (Å²) in [6.07, 6.45) is 14.2. The van der Waals surface area contributed by atoms with Gasteiger partial charge in [0.25, 0.3) is 0 Å². The summed E-state index contributed by atoms with van der Waals surface area (Å²) in [5, 5.41) is 11.4. The number of hydrogen-bond donors (Lipinski definition) is 2. The number of rotatable bonds is 2. The van der Waals surface area contributed by atoms with Gasteiger partial charge < -0.3 is 10.8 Å². The Morgan fingerprint density at radius 2 is 1.93 bits per heavy atom. The van der Waals surface area contributed by atoms with Crippen LogP contribution >= 0.6 is 11.6 Å². The number of hydrogen-bond acceptors (Lipinski definition) is 2. The van der Waals surface area contributed by atoms with Gasteiger partial charge in [-0.1, -0.05) is 72.3 Å². The molecule has 0 amide bonds. The monoisotopic (exact) mass is 395 g/mol. The lowest BCUT2D eigenvalue weighted by Gasteiger charge is -2.10. The van der Waals surface area contributed by atoms with Gasteiger partial charge in [-0.05, 0) is 33.7 Å². The molecule has 2 aromatic carbocycles. The molecule has 3 nitrogen and oxygen atoms in total. The Bertz CT molecular complexity index is 1130. The smallest absolute Gasteiger partial charge is 0.331 e. The number of benzene rings is 2. The Hall–Kier alpha value is -2.95. The van der Waals surface area contributed by atoms with E-state index >= 15 is 0 Å². The van der Waals surface area contributed by atoms with Gasteiger partial charge in [0.1, 0.15) is 5.82 Å². The van der Waals surface area contributed by atoms with Gasteiger partial charge in [0.05, 0.1) is 5.02 Å². The average Bonchev–Trinajstić information content (AvgIpc) is 2.93. The van der Waals surface area contributed by atoms with E-state index in [-0.39, 0.29) is 11.6 Å². The number of carbonyl (C=O) groups is 1. The molecule has 2 aromatic rings. The maximum absolute atomic E-state index is 12.8. The second-order valence-corrected chi connectivity index (χ2v) is 6.76. The topological polar surface area (TPSA) is 63.3 Å². The Kier molecular flexibility index (Phi) is 6.24. The fourth-order valence-corrected chi connectivity index (χ4v) is 3.18. The number of fused-ring (bicyclic) bond motifs is 2. The highest BCUT2D eigenvalue weighted by Gasteiger charge is 2.12. The van der Waals surface area contributed by atoms with E-state index in [0.717, 1.165) is 16.0 Å². The fourth-order valence-electron chi connectivity index (χ4n) is 2.98. The summed E-state index contributed by atoms with van der Waals surface area (Å²) in [7, 11) is 0. The molecule has 0 aliphatic heterocycles. The summed E-state index contributed by atoms with van der Waals surface area (Å²) in [4.78, 5) is 11.0. The second-order valence-electron chi connectivity index (χ2n) is 6.35. The molecule has 0 saturated heterocycles. The van der Waals surface area contributed by atoms with Crippen LogP contribution < -0.4 is 16.2 Å². The lowest BCUT2D eigenvalue weighted by atomic mass is 9.95. The zero-order valence-corrected chi connectivity index (χ0v) is 15.8. The van der Waals surface area contributed by atoms with Crippen molar-refractivity contribution >= 4 is 35.8 Å². The third-order valence-electron chi connectivity index (χ3n) is 4.49. The largest absolute Gasteiger partial charge is 0.478 e. The molecule has 0 fully saturated rings. The van der Waals surface area contributed by atoms with E-state index in [2.05, 4.69) is 18.2 Å².